The molecule has 0 saturated heterocycles. The highest BCUT2D eigenvalue weighted by Crippen LogP contribution is 2.33. The molecule has 0 aromatic heterocycles. The quantitative estimate of drug-likeness (QED) is 0.112. The summed E-state index contributed by atoms with van der Waals surface area (Å²) >= 11 is 0. The van der Waals surface area contributed by atoms with E-state index in [0.717, 1.165) is 19.3 Å². The van der Waals surface area contributed by atoms with Crippen molar-refractivity contribution in [2.45, 2.75) is 168 Å². The number of hydrogen-bond acceptors (Lipinski definition) is 3. The Balaban J connectivity index is 1.86. The first-order chi connectivity index (χ1) is 18.0. The van der Waals surface area contributed by atoms with Crippen LogP contribution in [0.3, 0.4) is 0 Å². The average Bonchev–Trinajstić information content (AvgIpc) is 2.87. The van der Waals surface area contributed by atoms with Gasteiger partial charge in [0.15, 0.2) is 0 Å². The Labute approximate surface area is 228 Å². The van der Waals surface area contributed by atoms with E-state index in [1.165, 1.54) is 141 Å². The maximum Gasteiger partial charge on any atom is 0.339 e. The number of rotatable bonds is 25. The van der Waals surface area contributed by atoms with Gasteiger partial charge in [-0.3, -0.25) is 0 Å². The van der Waals surface area contributed by atoms with Crippen molar-refractivity contribution in [3.05, 3.63) is 22.8 Å². The van der Waals surface area contributed by atoms with Crippen LogP contribution in [-0.2, 0) is 6.42 Å². The summed E-state index contributed by atoms with van der Waals surface area (Å²) < 4.78 is 0. The van der Waals surface area contributed by atoms with E-state index in [2.05, 4.69) is 6.92 Å². The number of aromatic carboxylic acids is 1. The molecule has 0 radical (unpaired) electrons. The largest absolute Gasteiger partial charge is 0.508 e. The average molecular weight is 519 g/mol. The molecule has 1 aromatic carbocycles. The number of aryl methyl sites for hydroxylation is 1. The summed E-state index contributed by atoms with van der Waals surface area (Å²) in [5.41, 5.74) is 0.691. The van der Waals surface area contributed by atoms with E-state index in [0.29, 0.717) is 12.0 Å². The smallest absolute Gasteiger partial charge is 0.339 e. The lowest BCUT2D eigenvalue weighted by Gasteiger charge is -2.12. The second-order valence-corrected chi connectivity index (χ2v) is 11.2. The number of carboxylic acid groups (broad SMARTS) is 1. The van der Waals surface area contributed by atoms with Gasteiger partial charge in [0.2, 0.25) is 0 Å². The summed E-state index contributed by atoms with van der Waals surface area (Å²) in [7, 11) is 0. The van der Waals surface area contributed by atoms with Crippen molar-refractivity contribution in [3.63, 3.8) is 0 Å². The number of phenolic OH excluding ortho intramolecular Hbond substituents is 1. The summed E-state index contributed by atoms with van der Waals surface area (Å²) in [6.45, 7) is 3.81. The maximum absolute atomic E-state index is 11.5. The van der Waals surface area contributed by atoms with Gasteiger partial charge in [0.05, 0.1) is 0 Å². The SMILES string of the molecule is CCCCCCCCCCCCCCCCCCCCCCCCCc1cc(O)c(C)c(O)c1C(=O)O. The first kappa shape index (κ1) is 33.3. The van der Waals surface area contributed by atoms with E-state index < -0.39 is 5.97 Å². The zero-order chi connectivity index (χ0) is 27.1. The van der Waals surface area contributed by atoms with Crippen LogP contribution < -0.4 is 0 Å². The molecule has 4 nitrogen and oxygen atoms in total. The lowest BCUT2D eigenvalue weighted by molar-refractivity contribution is 0.0692. The van der Waals surface area contributed by atoms with Gasteiger partial charge >= 0.3 is 5.97 Å². The van der Waals surface area contributed by atoms with Gasteiger partial charge in [0.25, 0.3) is 0 Å². The summed E-state index contributed by atoms with van der Waals surface area (Å²) in [6.07, 6.45) is 31.6. The van der Waals surface area contributed by atoms with Crippen LogP contribution in [0, 0.1) is 6.92 Å². The molecule has 4 heteroatoms. The number of unbranched alkanes of at least 4 members (excludes halogenated alkanes) is 22. The Morgan fingerprint density at radius 2 is 0.919 bits per heavy atom. The summed E-state index contributed by atoms with van der Waals surface area (Å²) in [4.78, 5) is 11.5. The van der Waals surface area contributed by atoms with Gasteiger partial charge in [-0.1, -0.05) is 148 Å². The zero-order valence-electron chi connectivity index (χ0n) is 24.3. The van der Waals surface area contributed by atoms with Crippen LogP contribution in [0.2, 0.25) is 0 Å². The zero-order valence-corrected chi connectivity index (χ0v) is 24.3. The highest BCUT2D eigenvalue weighted by Gasteiger charge is 2.19. The van der Waals surface area contributed by atoms with E-state index in [1.54, 1.807) is 0 Å². The van der Waals surface area contributed by atoms with Gasteiger partial charge in [0, 0.05) is 5.56 Å². The number of hydrogen-bond donors (Lipinski definition) is 3. The Hall–Kier alpha value is -1.71. The molecule has 214 valence electrons. The molecule has 0 aliphatic heterocycles. The Kier molecular flexibility index (Phi) is 20.1. The normalized spacial score (nSPS) is 11.3. The molecule has 0 heterocycles. The molecule has 1 aromatic rings. The lowest BCUT2D eigenvalue weighted by atomic mass is 9.96. The maximum atomic E-state index is 11.5. The second kappa shape index (κ2) is 22.3. The Morgan fingerprint density at radius 3 is 1.24 bits per heavy atom. The molecule has 0 aliphatic rings. The van der Waals surface area contributed by atoms with Crippen LogP contribution in [-0.4, -0.2) is 21.3 Å². The molecule has 0 saturated carbocycles. The fourth-order valence-corrected chi connectivity index (χ4v) is 5.34. The third-order valence-corrected chi connectivity index (χ3v) is 7.87. The van der Waals surface area contributed by atoms with E-state index in [-0.39, 0.29) is 22.6 Å². The molecule has 1 rings (SSSR count). The highest BCUT2D eigenvalue weighted by atomic mass is 16.4. The van der Waals surface area contributed by atoms with Crippen molar-refractivity contribution in [2.24, 2.45) is 0 Å². The number of benzene rings is 1. The monoisotopic (exact) mass is 518 g/mol. The Morgan fingerprint density at radius 1 is 0.595 bits per heavy atom. The predicted octanol–water partition coefficient (Wildman–Crippen LogP) is 10.6. The summed E-state index contributed by atoms with van der Waals surface area (Å²) in [5, 5.41) is 29.4. The fourth-order valence-electron chi connectivity index (χ4n) is 5.34. The molecule has 0 aliphatic carbocycles. The van der Waals surface area contributed by atoms with Gasteiger partial charge in [-0.25, -0.2) is 4.79 Å². The number of phenols is 2. The van der Waals surface area contributed by atoms with E-state index >= 15 is 0 Å². The van der Waals surface area contributed by atoms with Crippen LogP contribution in [0.15, 0.2) is 6.07 Å². The molecule has 0 atom stereocenters. The molecular formula is C33H58O4. The standard InChI is InChI=1S/C33H58O4/c1-3-4-5-6-7-8-9-10-11-12-13-14-15-16-17-18-19-20-21-22-23-24-25-26-29-27-30(34)28(2)32(35)31(29)33(36)37/h27,34-35H,3-26H2,1-2H3,(H,36,37). The summed E-state index contributed by atoms with van der Waals surface area (Å²) in [6, 6.07) is 1.50. The molecule has 0 spiro atoms. The fraction of sp³-hybridized carbons (Fsp3) is 0.788. The van der Waals surface area contributed by atoms with E-state index in [1.807, 2.05) is 0 Å². The van der Waals surface area contributed by atoms with Crippen molar-refractivity contribution in [1.82, 2.24) is 0 Å². The predicted molar refractivity (Wildman–Crippen MR) is 157 cm³/mol. The van der Waals surface area contributed by atoms with Crippen LogP contribution in [0.1, 0.15) is 176 Å². The van der Waals surface area contributed by atoms with Crippen molar-refractivity contribution in [3.8, 4) is 11.5 Å². The topological polar surface area (TPSA) is 77.8 Å². The van der Waals surface area contributed by atoms with Crippen LogP contribution in [0.4, 0.5) is 0 Å². The minimum Gasteiger partial charge on any atom is -0.508 e. The van der Waals surface area contributed by atoms with Crippen molar-refractivity contribution < 1.29 is 20.1 Å². The molecule has 0 amide bonds. The van der Waals surface area contributed by atoms with Crippen LogP contribution >= 0.6 is 0 Å². The molecule has 37 heavy (non-hydrogen) atoms. The van der Waals surface area contributed by atoms with Gasteiger partial charge < -0.3 is 15.3 Å². The van der Waals surface area contributed by atoms with Crippen LogP contribution in [0.25, 0.3) is 0 Å². The second-order valence-electron chi connectivity index (χ2n) is 11.2. The summed E-state index contributed by atoms with van der Waals surface area (Å²) in [5.74, 6) is -1.48. The molecule has 3 N–H and O–H groups in total. The molecule has 0 unspecified atom stereocenters. The van der Waals surface area contributed by atoms with Gasteiger partial charge in [-0.05, 0) is 31.4 Å². The minimum atomic E-state index is -1.13. The molecule has 0 bridgehead atoms. The van der Waals surface area contributed by atoms with Gasteiger partial charge in [-0.15, -0.1) is 0 Å². The van der Waals surface area contributed by atoms with E-state index in [4.69, 9.17) is 0 Å². The van der Waals surface area contributed by atoms with Gasteiger partial charge in [-0.2, -0.15) is 0 Å². The number of carboxylic acids is 1. The first-order valence-corrected chi connectivity index (χ1v) is 15.8. The van der Waals surface area contributed by atoms with Crippen molar-refractivity contribution in [2.75, 3.05) is 0 Å². The Bertz CT molecular complexity index is 713. The van der Waals surface area contributed by atoms with Crippen molar-refractivity contribution >= 4 is 5.97 Å². The van der Waals surface area contributed by atoms with E-state index in [9.17, 15) is 20.1 Å². The van der Waals surface area contributed by atoms with Crippen LogP contribution in [0.5, 0.6) is 11.5 Å². The van der Waals surface area contributed by atoms with Gasteiger partial charge in [0.1, 0.15) is 17.1 Å². The first-order valence-electron chi connectivity index (χ1n) is 15.8. The number of carbonyl (C=O) groups is 1. The third kappa shape index (κ3) is 16.0. The molecule has 0 fully saturated rings. The number of aromatic hydroxyl groups is 2. The third-order valence-electron chi connectivity index (χ3n) is 7.87. The lowest BCUT2D eigenvalue weighted by Crippen LogP contribution is -2.04. The highest BCUT2D eigenvalue weighted by molar-refractivity contribution is 5.93. The van der Waals surface area contributed by atoms with Crippen molar-refractivity contribution in [1.29, 1.82) is 0 Å². The minimum absolute atomic E-state index is 0.0356. The molecular weight excluding hydrogens is 460 g/mol.